The molecule has 0 aliphatic heterocycles. The molecule has 0 bridgehead atoms. The molecule has 26 heavy (non-hydrogen) atoms. The third kappa shape index (κ3) is 5.44. The Hall–Kier alpha value is -3.16. The first-order valence-electron chi connectivity index (χ1n) is 8.37. The maximum Gasteiger partial charge on any atom is 0.269 e. The van der Waals surface area contributed by atoms with Crippen LogP contribution in [0.2, 0.25) is 0 Å². The molecule has 138 valence electrons. The van der Waals surface area contributed by atoms with Gasteiger partial charge in [0.15, 0.2) is 0 Å². The molecule has 0 radical (unpaired) electrons. The Kier molecular flexibility index (Phi) is 7.35. The van der Waals surface area contributed by atoms with Gasteiger partial charge in [-0.3, -0.25) is 15.5 Å². The van der Waals surface area contributed by atoms with Gasteiger partial charge in [-0.2, -0.15) is 0 Å². The second-order valence-electron chi connectivity index (χ2n) is 5.68. The van der Waals surface area contributed by atoms with Crippen molar-refractivity contribution in [1.29, 1.82) is 0 Å². The van der Waals surface area contributed by atoms with E-state index in [0.29, 0.717) is 6.54 Å². The Balaban J connectivity index is 2.11. The predicted molar refractivity (Wildman–Crippen MR) is 101 cm³/mol. The van der Waals surface area contributed by atoms with E-state index < -0.39 is 4.92 Å². The van der Waals surface area contributed by atoms with Gasteiger partial charge >= 0.3 is 0 Å². The number of benzene rings is 2. The molecule has 0 unspecified atom stereocenters. The summed E-state index contributed by atoms with van der Waals surface area (Å²) >= 11 is 0. The molecular weight excluding hydrogens is 336 g/mol. The molecule has 0 amide bonds. The highest BCUT2D eigenvalue weighted by molar-refractivity contribution is 5.65. The number of nitrogens with zero attached hydrogens (tertiary/aromatic N) is 3. The first-order valence-corrected chi connectivity index (χ1v) is 8.37. The standard InChI is InChI=1S/C18H22N4O4/c1-26-18-11-9-16(10-12-18)21(14-4-2-3-13-19-20-23)15-5-7-17(8-6-15)22(24)25/h5-12H,2-4,13-14H2,1H3,(H,19,23). The number of non-ortho nitro benzene ring substituents is 1. The largest absolute Gasteiger partial charge is 0.497 e. The van der Waals surface area contributed by atoms with Crippen LogP contribution in [0.1, 0.15) is 19.3 Å². The average Bonchev–Trinajstić information content (AvgIpc) is 2.68. The summed E-state index contributed by atoms with van der Waals surface area (Å²) in [6.45, 7) is 1.31. The normalized spacial score (nSPS) is 10.2. The zero-order chi connectivity index (χ0) is 18.8. The predicted octanol–water partition coefficient (Wildman–Crippen LogP) is 4.18. The minimum Gasteiger partial charge on any atom is -0.497 e. The van der Waals surface area contributed by atoms with E-state index in [1.165, 1.54) is 12.1 Å². The Bertz CT molecular complexity index is 704. The number of nitrogens with one attached hydrogen (secondary N) is 1. The summed E-state index contributed by atoms with van der Waals surface area (Å²) in [4.78, 5) is 22.6. The number of nitro benzene ring substituents is 1. The highest BCUT2D eigenvalue weighted by atomic mass is 16.6. The Morgan fingerprint density at radius 1 is 1.04 bits per heavy atom. The van der Waals surface area contributed by atoms with Gasteiger partial charge in [0.1, 0.15) is 5.75 Å². The average molecular weight is 358 g/mol. The molecule has 2 aromatic rings. The van der Waals surface area contributed by atoms with Crippen molar-refractivity contribution in [3.8, 4) is 5.75 Å². The molecule has 2 aromatic carbocycles. The zero-order valence-corrected chi connectivity index (χ0v) is 14.6. The number of ether oxygens (including phenoxy) is 1. The monoisotopic (exact) mass is 358 g/mol. The fourth-order valence-electron chi connectivity index (χ4n) is 2.62. The van der Waals surface area contributed by atoms with Crippen molar-refractivity contribution in [3.63, 3.8) is 0 Å². The number of nitro groups is 1. The van der Waals surface area contributed by atoms with Crippen LogP contribution in [0.5, 0.6) is 5.75 Å². The van der Waals surface area contributed by atoms with Crippen LogP contribution in [0.4, 0.5) is 17.1 Å². The maximum absolute atomic E-state index is 10.9. The highest BCUT2D eigenvalue weighted by Gasteiger charge is 2.12. The molecule has 0 aromatic heterocycles. The molecule has 8 heteroatoms. The quantitative estimate of drug-likeness (QED) is 0.280. The minimum absolute atomic E-state index is 0.0656. The van der Waals surface area contributed by atoms with Crippen LogP contribution in [-0.2, 0) is 0 Å². The minimum atomic E-state index is -0.407. The van der Waals surface area contributed by atoms with Crippen LogP contribution in [0, 0.1) is 15.0 Å². The lowest BCUT2D eigenvalue weighted by Gasteiger charge is -2.25. The third-order valence-electron chi connectivity index (χ3n) is 3.99. The number of rotatable bonds is 11. The summed E-state index contributed by atoms with van der Waals surface area (Å²) in [6.07, 6.45) is 2.69. The van der Waals surface area contributed by atoms with Crippen molar-refractivity contribution in [1.82, 2.24) is 5.43 Å². The Morgan fingerprint density at radius 2 is 1.65 bits per heavy atom. The number of hydrogen-bond donors (Lipinski definition) is 1. The van der Waals surface area contributed by atoms with E-state index in [1.807, 2.05) is 24.3 Å². The zero-order valence-electron chi connectivity index (χ0n) is 14.6. The Morgan fingerprint density at radius 3 is 2.19 bits per heavy atom. The van der Waals surface area contributed by atoms with Crippen molar-refractivity contribution < 1.29 is 9.66 Å². The second-order valence-corrected chi connectivity index (χ2v) is 5.68. The van der Waals surface area contributed by atoms with Gasteiger partial charge in [-0.1, -0.05) is 0 Å². The van der Waals surface area contributed by atoms with Crippen LogP contribution < -0.4 is 15.1 Å². The number of unbranched alkanes of at least 4 members (excludes halogenated alkanes) is 2. The lowest BCUT2D eigenvalue weighted by atomic mass is 10.1. The van der Waals surface area contributed by atoms with Gasteiger partial charge in [0.25, 0.3) is 5.69 Å². The van der Waals surface area contributed by atoms with Gasteiger partial charge < -0.3 is 9.64 Å². The van der Waals surface area contributed by atoms with Gasteiger partial charge in [0.05, 0.1) is 12.0 Å². The SMILES string of the molecule is COc1ccc(N(CCCCCNN=O)c2ccc([N+](=O)[O-])cc2)cc1. The van der Waals surface area contributed by atoms with Crippen molar-refractivity contribution in [2.45, 2.75) is 19.3 Å². The van der Waals surface area contributed by atoms with Crippen LogP contribution in [-0.4, -0.2) is 25.1 Å². The summed E-state index contributed by atoms with van der Waals surface area (Å²) < 4.78 is 5.20. The van der Waals surface area contributed by atoms with Crippen LogP contribution in [0.25, 0.3) is 0 Å². The van der Waals surface area contributed by atoms with Crippen LogP contribution in [0.3, 0.4) is 0 Å². The summed E-state index contributed by atoms with van der Waals surface area (Å²) in [5.41, 5.74) is 4.33. The van der Waals surface area contributed by atoms with E-state index in [2.05, 4.69) is 15.6 Å². The van der Waals surface area contributed by atoms with E-state index in [9.17, 15) is 15.0 Å². The molecule has 8 nitrogen and oxygen atoms in total. The first-order chi connectivity index (χ1) is 12.7. The van der Waals surface area contributed by atoms with Crippen LogP contribution in [0.15, 0.2) is 53.8 Å². The lowest BCUT2D eigenvalue weighted by molar-refractivity contribution is -0.384. The summed E-state index contributed by atoms with van der Waals surface area (Å²) in [7, 11) is 1.62. The van der Waals surface area contributed by atoms with Crippen molar-refractivity contribution in [2.75, 3.05) is 25.1 Å². The van der Waals surface area contributed by atoms with E-state index >= 15 is 0 Å². The molecule has 0 saturated heterocycles. The fourth-order valence-corrected chi connectivity index (χ4v) is 2.62. The smallest absolute Gasteiger partial charge is 0.269 e. The van der Waals surface area contributed by atoms with Crippen molar-refractivity contribution in [2.24, 2.45) is 5.29 Å². The molecule has 0 heterocycles. The molecule has 0 saturated carbocycles. The fraction of sp³-hybridized carbons (Fsp3) is 0.333. The number of nitroso groups, excluding NO2 is 1. The van der Waals surface area contributed by atoms with Gasteiger partial charge in [-0.05, 0) is 55.7 Å². The Labute approximate surface area is 151 Å². The number of anilines is 2. The molecule has 1 N–H and O–H groups in total. The molecule has 0 atom stereocenters. The van der Waals surface area contributed by atoms with Crippen LogP contribution >= 0.6 is 0 Å². The molecule has 0 aliphatic carbocycles. The third-order valence-corrected chi connectivity index (χ3v) is 3.99. The van der Waals surface area contributed by atoms with E-state index in [4.69, 9.17) is 4.74 Å². The summed E-state index contributed by atoms with van der Waals surface area (Å²) in [5.74, 6) is 0.768. The van der Waals surface area contributed by atoms with E-state index in [1.54, 1.807) is 19.2 Å². The number of hydrogen-bond acceptors (Lipinski definition) is 6. The highest BCUT2D eigenvalue weighted by Crippen LogP contribution is 2.29. The number of methoxy groups -OCH3 is 1. The maximum atomic E-state index is 10.9. The van der Waals surface area contributed by atoms with Gasteiger partial charge in [0.2, 0.25) is 0 Å². The van der Waals surface area contributed by atoms with Crippen molar-refractivity contribution >= 4 is 17.1 Å². The second kappa shape index (κ2) is 9.97. The van der Waals surface area contributed by atoms with Gasteiger partial charge in [-0.15, -0.1) is 4.91 Å². The molecule has 2 rings (SSSR count). The topological polar surface area (TPSA) is 97.1 Å². The summed E-state index contributed by atoms with van der Waals surface area (Å²) in [5, 5.41) is 13.5. The van der Waals surface area contributed by atoms with Gasteiger partial charge in [-0.25, -0.2) is 0 Å². The summed E-state index contributed by atoms with van der Waals surface area (Å²) in [6, 6.07) is 14.2. The van der Waals surface area contributed by atoms with E-state index in [-0.39, 0.29) is 5.69 Å². The van der Waals surface area contributed by atoms with E-state index in [0.717, 1.165) is 42.9 Å². The lowest BCUT2D eigenvalue weighted by Crippen LogP contribution is -2.18. The molecule has 0 fully saturated rings. The molecule has 0 aliphatic rings. The van der Waals surface area contributed by atoms with Gasteiger partial charge in [0, 0.05) is 41.9 Å². The first kappa shape index (κ1) is 19.2. The molecular formula is C18H22N4O4. The van der Waals surface area contributed by atoms with Crippen molar-refractivity contribution in [3.05, 3.63) is 63.6 Å². The molecule has 0 spiro atoms.